The molecule has 1 atom stereocenters. The zero-order chi connectivity index (χ0) is 13.2. The molecule has 2 rings (SSSR count). The highest BCUT2D eigenvalue weighted by atomic mass is 19.4. The van der Waals surface area contributed by atoms with E-state index in [1.54, 1.807) is 6.07 Å². The number of nitrogens with two attached hydrogens (primary N) is 1. The van der Waals surface area contributed by atoms with Crippen molar-refractivity contribution in [2.24, 2.45) is 11.7 Å². The summed E-state index contributed by atoms with van der Waals surface area (Å²) in [6.45, 7) is 0.708. The molecule has 18 heavy (non-hydrogen) atoms. The Kier molecular flexibility index (Phi) is 3.50. The molecule has 0 fully saturated rings. The Morgan fingerprint density at radius 2 is 2.00 bits per heavy atom. The zero-order valence-corrected chi connectivity index (χ0v) is 9.80. The maximum Gasteiger partial charge on any atom is 0.416 e. The van der Waals surface area contributed by atoms with Crippen molar-refractivity contribution in [1.29, 1.82) is 0 Å². The van der Waals surface area contributed by atoms with Gasteiger partial charge in [-0.1, -0.05) is 18.2 Å². The lowest BCUT2D eigenvalue weighted by Crippen LogP contribution is -2.17. The monoisotopic (exact) mass is 256 g/mol. The number of rotatable bonds is 3. The van der Waals surface area contributed by atoms with Crippen LogP contribution in [0.4, 0.5) is 13.2 Å². The Labute approximate surface area is 104 Å². The summed E-state index contributed by atoms with van der Waals surface area (Å²) in [5.41, 5.74) is 5.38. The van der Waals surface area contributed by atoms with Gasteiger partial charge in [-0.05, 0) is 36.5 Å². The van der Waals surface area contributed by atoms with Crippen LogP contribution in [0, 0.1) is 5.92 Å². The van der Waals surface area contributed by atoms with E-state index in [-0.39, 0.29) is 5.92 Å². The van der Waals surface area contributed by atoms with Gasteiger partial charge in [-0.15, -0.1) is 0 Å². The fraction of sp³-hybridized carbons (Fsp3) is 0.385. The average molecular weight is 256 g/mol. The third kappa shape index (κ3) is 2.97. The van der Waals surface area contributed by atoms with E-state index < -0.39 is 11.7 Å². The van der Waals surface area contributed by atoms with Crippen molar-refractivity contribution in [3.8, 4) is 0 Å². The largest absolute Gasteiger partial charge is 0.416 e. The molecule has 1 aromatic carbocycles. The second-order valence-corrected chi connectivity index (χ2v) is 4.46. The summed E-state index contributed by atoms with van der Waals surface area (Å²) in [5.74, 6) is 0.829. The summed E-state index contributed by atoms with van der Waals surface area (Å²) in [6.07, 6.45) is -1.33. The predicted octanol–water partition coefficient (Wildman–Crippen LogP) is 2.66. The maximum absolute atomic E-state index is 12.8. The molecule has 0 aliphatic carbocycles. The first kappa shape index (κ1) is 12.8. The molecular weight excluding hydrogens is 241 g/mol. The summed E-state index contributed by atoms with van der Waals surface area (Å²) >= 11 is 0. The second-order valence-electron chi connectivity index (χ2n) is 4.46. The molecule has 0 saturated heterocycles. The van der Waals surface area contributed by atoms with Crippen LogP contribution in [-0.2, 0) is 12.6 Å². The van der Waals surface area contributed by atoms with Crippen LogP contribution in [0.25, 0.3) is 0 Å². The number of halogens is 3. The third-order valence-electron chi connectivity index (χ3n) is 3.09. The summed E-state index contributed by atoms with van der Waals surface area (Å²) < 4.78 is 38.3. The quantitative estimate of drug-likeness (QED) is 0.872. The highest BCUT2D eigenvalue weighted by Gasteiger charge is 2.32. The zero-order valence-electron chi connectivity index (χ0n) is 9.80. The number of aryl methyl sites for hydroxylation is 1. The molecule has 98 valence electrons. The summed E-state index contributed by atoms with van der Waals surface area (Å²) in [7, 11) is 0. The van der Waals surface area contributed by atoms with E-state index in [0.29, 0.717) is 30.8 Å². The van der Waals surface area contributed by atoms with Gasteiger partial charge in [-0.25, -0.2) is 0 Å². The van der Waals surface area contributed by atoms with Gasteiger partial charge in [0, 0.05) is 6.54 Å². The Morgan fingerprint density at radius 1 is 1.28 bits per heavy atom. The van der Waals surface area contributed by atoms with Gasteiger partial charge in [-0.2, -0.15) is 13.2 Å². The summed E-state index contributed by atoms with van der Waals surface area (Å²) in [5, 5.41) is 2.97. The number of hydrogen-bond donors (Lipinski definition) is 2. The van der Waals surface area contributed by atoms with Gasteiger partial charge < -0.3 is 11.1 Å². The predicted molar refractivity (Wildman–Crippen MR) is 63.5 cm³/mol. The van der Waals surface area contributed by atoms with Crippen molar-refractivity contribution in [2.45, 2.75) is 19.0 Å². The first-order valence-corrected chi connectivity index (χ1v) is 5.83. The molecule has 0 bridgehead atoms. The molecule has 0 amide bonds. The van der Waals surface area contributed by atoms with Gasteiger partial charge in [0.15, 0.2) is 0 Å². The molecule has 2 nitrogen and oxygen atoms in total. The first-order chi connectivity index (χ1) is 8.47. The van der Waals surface area contributed by atoms with Gasteiger partial charge >= 0.3 is 6.18 Å². The van der Waals surface area contributed by atoms with E-state index in [4.69, 9.17) is 5.73 Å². The van der Waals surface area contributed by atoms with Crippen molar-refractivity contribution in [3.63, 3.8) is 0 Å². The van der Waals surface area contributed by atoms with Crippen LogP contribution in [0.2, 0.25) is 0 Å². The molecular formula is C13H15F3N2. The number of nitrogens with one attached hydrogen (secondary N) is 1. The molecule has 0 radical (unpaired) electrons. The van der Waals surface area contributed by atoms with E-state index in [1.165, 1.54) is 12.1 Å². The highest BCUT2D eigenvalue weighted by molar-refractivity contribution is 5.30. The molecule has 1 heterocycles. The Balaban J connectivity index is 2.06. The Bertz CT molecular complexity index is 452. The second kappa shape index (κ2) is 4.92. The van der Waals surface area contributed by atoms with Gasteiger partial charge in [0.25, 0.3) is 0 Å². The number of alkyl halides is 3. The first-order valence-electron chi connectivity index (χ1n) is 5.83. The van der Waals surface area contributed by atoms with Crippen LogP contribution >= 0.6 is 0 Å². The van der Waals surface area contributed by atoms with Crippen LogP contribution in [0.5, 0.6) is 0 Å². The topological polar surface area (TPSA) is 38.0 Å². The van der Waals surface area contributed by atoms with Crippen molar-refractivity contribution in [2.75, 3.05) is 6.54 Å². The van der Waals surface area contributed by atoms with E-state index in [1.807, 2.05) is 6.08 Å². The van der Waals surface area contributed by atoms with Crippen LogP contribution in [-0.4, -0.2) is 6.54 Å². The van der Waals surface area contributed by atoms with E-state index in [2.05, 4.69) is 5.32 Å². The molecule has 0 unspecified atom stereocenters. The smallest absolute Gasteiger partial charge is 0.386 e. The van der Waals surface area contributed by atoms with E-state index in [9.17, 15) is 13.2 Å². The maximum atomic E-state index is 12.8. The van der Waals surface area contributed by atoms with E-state index >= 15 is 0 Å². The van der Waals surface area contributed by atoms with Gasteiger partial charge in [-0.3, -0.25) is 0 Å². The number of hydrogen-bond acceptors (Lipinski definition) is 2. The molecule has 0 spiro atoms. The third-order valence-corrected chi connectivity index (χ3v) is 3.09. The van der Waals surface area contributed by atoms with Crippen molar-refractivity contribution >= 4 is 0 Å². The lowest BCUT2D eigenvalue weighted by Gasteiger charge is -2.13. The SMILES string of the molecule is NC1=C[C@H](CCc2ccccc2C(F)(F)F)CN1. The number of benzene rings is 1. The molecule has 0 saturated carbocycles. The average Bonchev–Trinajstić information content (AvgIpc) is 2.72. The van der Waals surface area contributed by atoms with E-state index in [0.717, 1.165) is 6.07 Å². The van der Waals surface area contributed by atoms with Crippen molar-refractivity contribution in [3.05, 3.63) is 47.3 Å². The van der Waals surface area contributed by atoms with Gasteiger partial charge in [0.2, 0.25) is 0 Å². The van der Waals surface area contributed by atoms with Crippen LogP contribution in [0.3, 0.4) is 0 Å². The molecule has 5 heteroatoms. The molecule has 1 aliphatic heterocycles. The highest BCUT2D eigenvalue weighted by Crippen LogP contribution is 2.32. The van der Waals surface area contributed by atoms with Crippen molar-refractivity contribution < 1.29 is 13.2 Å². The van der Waals surface area contributed by atoms with Crippen LogP contribution < -0.4 is 11.1 Å². The Morgan fingerprint density at radius 3 is 2.61 bits per heavy atom. The Hall–Kier alpha value is -1.65. The van der Waals surface area contributed by atoms with Gasteiger partial charge in [0.05, 0.1) is 11.4 Å². The minimum Gasteiger partial charge on any atom is -0.386 e. The van der Waals surface area contributed by atoms with Crippen LogP contribution in [0.1, 0.15) is 17.5 Å². The minimum atomic E-state index is -4.28. The minimum absolute atomic E-state index is 0.214. The molecule has 1 aliphatic rings. The molecule has 0 aromatic heterocycles. The normalized spacial score (nSPS) is 19.5. The lowest BCUT2D eigenvalue weighted by atomic mass is 9.97. The lowest BCUT2D eigenvalue weighted by molar-refractivity contribution is -0.138. The van der Waals surface area contributed by atoms with Crippen LogP contribution in [0.15, 0.2) is 36.2 Å². The summed E-state index contributed by atoms with van der Waals surface area (Å²) in [6, 6.07) is 5.73. The van der Waals surface area contributed by atoms with Gasteiger partial charge in [0.1, 0.15) is 0 Å². The standard InChI is InChI=1S/C13H15F3N2/c14-13(15,16)11-4-2-1-3-10(11)6-5-9-7-12(17)18-8-9/h1-4,7,9,18H,5-6,8,17H2/t9-/m0/s1. The molecule has 3 N–H and O–H groups in total. The fourth-order valence-electron chi connectivity index (χ4n) is 2.16. The molecule has 1 aromatic rings. The van der Waals surface area contributed by atoms with Crippen molar-refractivity contribution in [1.82, 2.24) is 5.32 Å². The fourth-order valence-corrected chi connectivity index (χ4v) is 2.16. The summed E-state index contributed by atoms with van der Waals surface area (Å²) in [4.78, 5) is 0.